The van der Waals surface area contributed by atoms with Crippen molar-refractivity contribution in [2.24, 2.45) is 0 Å². The van der Waals surface area contributed by atoms with Crippen LogP contribution in [0.1, 0.15) is 47.7 Å². The Balaban J connectivity index is 1.32. The summed E-state index contributed by atoms with van der Waals surface area (Å²) < 4.78 is 1.81. The van der Waals surface area contributed by atoms with Crippen LogP contribution in [0.5, 0.6) is 0 Å². The Morgan fingerprint density at radius 1 is 0.941 bits per heavy atom. The Morgan fingerprint density at radius 2 is 1.71 bits per heavy atom. The van der Waals surface area contributed by atoms with Crippen LogP contribution >= 0.6 is 0 Å². The molecule has 0 aliphatic heterocycles. The molecule has 1 aliphatic rings. The van der Waals surface area contributed by atoms with Crippen molar-refractivity contribution in [2.75, 3.05) is 0 Å². The zero-order chi connectivity index (χ0) is 23.3. The van der Waals surface area contributed by atoms with Crippen LogP contribution < -0.4 is 10.9 Å². The molecule has 5 nitrogen and oxygen atoms in total. The molecule has 172 valence electrons. The standard InChI is InChI=1S/C29H29N3O2/c33-28(31-24-15-8-12-22-11-4-5-13-23(22)24)18-17-26-29(34)32(20-19-21-9-2-1-3-10-21)27-16-7-6-14-25(27)30-26/h1-7,9-11,13-14,16,24H,8,12,15,17-20H2,(H,31,33)/t24-/m1/s1. The summed E-state index contributed by atoms with van der Waals surface area (Å²) in [5.74, 6) is -0.0353. The van der Waals surface area contributed by atoms with Crippen molar-refractivity contribution in [1.82, 2.24) is 14.9 Å². The quantitative estimate of drug-likeness (QED) is 0.440. The van der Waals surface area contributed by atoms with Gasteiger partial charge in [-0.15, -0.1) is 0 Å². The lowest BCUT2D eigenvalue weighted by Crippen LogP contribution is -2.32. The van der Waals surface area contributed by atoms with Gasteiger partial charge in [0.1, 0.15) is 5.69 Å². The predicted octanol–water partition coefficient (Wildman–Crippen LogP) is 4.77. The molecule has 5 rings (SSSR count). The SMILES string of the molecule is O=C(CCc1nc2ccccc2n(CCc2ccccc2)c1=O)N[C@@H]1CCCc2ccccc21. The average molecular weight is 452 g/mol. The van der Waals surface area contributed by atoms with Crippen molar-refractivity contribution in [1.29, 1.82) is 0 Å². The summed E-state index contributed by atoms with van der Waals surface area (Å²) in [6.07, 6.45) is 4.42. The van der Waals surface area contributed by atoms with E-state index in [1.54, 1.807) is 4.57 Å². The third kappa shape index (κ3) is 4.79. The Bertz CT molecular complexity index is 1360. The molecule has 0 bridgehead atoms. The zero-order valence-electron chi connectivity index (χ0n) is 19.2. The van der Waals surface area contributed by atoms with E-state index in [1.807, 2.05) is 48.5 Å². The van der Waals surface area contributed by atoms with Crippen molar-refractivity contribution in [3.8, 4) is 0 Å². The summed E-state index contributed by atoms with van der Waals surface area (Å²) in [5, 5.41) is 3.19. The van der Waals surface area contributed by atoms with Crippen molar-refractivity contribution < 1.29 is 4.79 Å². The van der Waals surface area contributed by atoms with E-state index in [0.717, 1.165) is 36.7 Å². The van der Waals surface area contributed by atoms with Gasteiger partial charge in [-0.05, 0) is 54.5 Å². The minimum atomic E-state index is -0.106. The molecule has 3 aromatic carbocycles. The molecule has 1 aliphatic carbocycles. The molecule has 1 N–H and O–H groups in total. The summed E-state index contributed by atoms with van der Waals surface area (Å²) >= 11 is 0. The fourth-order valence-corrected chi connectivity index (χ4v) is 4.92. The Kier molecular flexibility index (Phi) is 6.52. The Hall–Kier alpha value is -3.73. The van der Waals surface area contributed by atoms with Crippen LogP contribution in [0, 0.1) is 0 Å². The summed E-state index contributed by atoms with van der Waals surface area (Å²) in [4.78, 5) is 30.8. The first-order valence-electron chi connectivity index (χ1n) is 12.1. The highest BCUT2D eigenvalue weighted by Gasteiger charge is 2.21. The van der Waals surface area contributed by atoms with E-state index in [1.165, 1.54) is 16.7 Å². The van der Waals surface area contributed by atoms with E-state index < -0.39 is 0 Å². The van der Waals surface area contributed by atoms with Crippen molar-refractivity contribution >= 4 is 16.9 Å². The number of rotatable bonds is 7. The minimum absolute atomic E-state index is 0.0353. The average Bonchev–Trinajstić information content (AvgIpc) is 2.88. The summed E-state index contributed by atoms with van der Waals surface area (Å²) in [6.45, 7) is 0.573. The second-order valence-corrected chi connectivity index (χ2v) is 8.95. The molecular formula is C29H29N3O2. The van der Waals surface area contributed by atoms with Gasteiger partial charge in [0.25, 0.3) is 5.56 Å². The first kappa shape index (κ1) is 22.1. The lowest BCUT2D eigenvalue weighted by Gasteiger charge is -2.26. The van der Waals surface area contributed by atoms with E-state index in [4.69, 9.17) is 0 Å². The molecule has 0 saturated heterocycles. The largest absolute Gasteiger partial charge is 0.349 e. The molecule has 1 aromatic heterocycles. The van der Waals surface area contributed by atoms with Gasteiger partial charge in [0.15, 0.2) is 0 Å². The number of amides is 1. The fraction of sp³-hybridized carbons (Fsp3) is 0.276. The number of para-hydroxylation sites is 2. The molecule has 1 amide bonds. The normalized spacial score (nSPS) is 15.1. The van der Waals surface area contributed by atoms with Gasteiger partial charge in [0.05, 0.1) is 17.1 Å². The molecule has 0 unspecified atom stereocenters. The van der Waals surface area contributed by atoms with Crippen LogP contribution in [0.4, 0.5) is 0 Å². The minimum Gasteiger partial charge on any atom is -0.349 e. The van der Waals surface area contributed by atoms with Gasteiger partial charge >= 0.3 is 0 Å². The van der Waals surface area contributed by atoms with Crippen LogP contribution in [0.15, 0.2) is 83.7 Å². The van der Waals surface area contributed by atoms with Gasteiger partial charge in [0.2, 0.25) is 5.91 Å². The van der Waals surface area contributed by atoms with Crippen molar-refractivity contribution in [3.63, 3.8) is 0 Å². The van der Waals surface area contributed by atoms with Gasteiger partial charge < -0.3 is 9.88 Å². The predicted molar refractivity (Wildman–Crippen MR) is 135 cm³/mol. The van der Waals surface area contributed by atoms with Crippen LogP contribution in [0.2, 0.25) is 0 Å². The monoisotopic (exact) mass is 451 g/mol. The first-order chi connectivity index (χ1) is 16.7. The molecule has 0 spiro atoms. The fourth-order valence-electron chi connectivity index (χ4n) is 4.92. The van der Waals surface area contributed by atoms with Gasteiger partial charge in [-0.2, -0.15) is 0 Å². The molecule has 0 saturated carbocycles. The molecule has 0 radical (unpaired) electrons. The number of aryl methyl sites for hydroxylation is 4. The number of hydrogen-bond acceptors (Lipinski definition) is 3. The van der Waals surface area contributed by atoms with E-state index in [-0.39, 0.29) is 23.9 Å². The van der Waals surface area contributed by atoms with Gasteiger partial charge in [-0.3, -0.25) is 9.59 Å². The number of aromatic nitrogens is 2. The first-order valence-corrected chi connectivity index (χ1v) is 12.1. The highest BCUT2D eigenvalue weighted by Crippen LogP contribution is 2.29. The van der Waals surface area contributed by atoms with Crippen LogP contribution in [-0.2, 0) is 30.6 Å². The maximum absolute atomic E-state index is 13.3. The number of nitrogens with one attached hydrogen (secondary N) is 1. The number of carbonyl (C=O) groups excluding carboxylic acids is 1. The molecule has 34 heavy (non-hydrogen) atoms. The van der Waals surface area contributed by atoms with Gasteiger partial charge in [-0.1, -0.05) is 66.7 Å². The topological polar surface area (TPSA) is 64.0 Å². The number of fused-ring (bicyclic) bond motifs is 2. The number of nitrogens with zero attached hydrogens (tertiary/aromatic N) is 2. The molecule has 5 heteroatoms. The number of benzene rings is 3. The van der Waals surface area contributed by atoms with E-state index in [0.29, 0.717) is 18.7 Å². The second-order valence-electron chi connectivity index (χ2n) is 8.95. The summed E-state index contributed by atoms with van der Waals surface area (Å²) in [6, 6.07) is 26.3. The third-order valence-electron chi connectivity index (χ3n) is 6.68. The molecule has 1 heterocycles. The van der Waals surface area contributed by atoms with E-state index in [2.05, 4.69) is 40.6 Å². The van der Waals surface area contributed by atoms with Crippen LogP contribution in [0.25, 0.3) is 11.0 Å². The van der Waals surface area contributed by atoms with Crippen LogP contribution in [0.3, 0.4) is 0 Å². The lowest BCUT2D eigenvalue weighted by atomic mass is 9.87. The summed E-state index contributed by atoms with van der Waals surface area (Å²) in [5.41, 5.74) is 5.67. The summed E-state index contributed by atoms with van der Waals surface area (Å²) in [7, 11) is 0. The second kappa shape index (κ2) is 10.0. The van der Waals surface area contributed by atoms with E-state index >= 15 is 0 Å². The zero-order valence-corrected chi connectivity index (χ0v) is 19.2. The highest BCUT2D eigenvalue weighted by molar-refractivity contribution is 5.77. The highest BCUT2D eigenvalue weighted by atomic mass is 16.1. The maximum Gasteiger partial charge on any atom is 0.272 e. The number of carbonyl (C=O) groups is 1. The smallest absolute Gasteiger partial charge is 0.272 e. The molecule has 0 fully saturated rings. The number of hydrogen-bond donors (Lipinski definition) is 1. The van der Waals surface area contributed by atoms with Gasteiger partial charge in [-0.25, -0.2) is 4.98 Å². The lowest BCUT2D eigenvalue weighted by molar-refractivity contribution is -0.121. The van der Waals surface area contributed by atoms with Crippen molar-refractivity contribution in [2.45, 2.75) is 51.1 Å². The van der Waals surface area contributed by atoms with Gasteiger partial charge in [0, 0.05) is 19.4 Å². The van der Waals surface area contributed by atoms with Crippen molar-refractivity contribution in [3.05, 3.63) is 112 Å². The maximum atomic E-state index is 13.3. The Labute approximate surface area is 199 Å². The molecular weight excluding hydrogens is 422 g/mol. The molecule has 1 atom stereocenters. The Morgan fingerprint density at radius 3 is 2.59 bits per heavy atom. The van der Waals surface area contributed by atoms with E-state index in [9.17, 15) is 9.59 Å². The van der Waals surface area contributed by atoms with Crippen LogP contribution in [-0.4, -0.2) is 15.5 Å². The molecule has 4 aromatic rings. The third-order valence-corrected chi connectivity index (χ3v) is 6.68.